The number of ketones is 1. The summed E-state index contributed by atoms with van der Waals surface area (Å²) in [6, 6.07) is 7.74. The zero-order valence-corrected chi connectivity index (χ0v) is 21.5. The number of nitrogens with two attached hydrogens (primary N) is 2. The summed E-state index contributed by atoms with van der Waals surface area (Å²) in [5, 5.41) is 2.94. The average molecular weight is 491 g/mol. The number of carbonyl (C=O) groups excluding carboxylic acids is 3. The number of hydrogen-bond acceptors (Lipinski definition) is 6. The lowest BCUT2D eigenvalue weighted by Gasteiger charge is -2.36. The molecular weight excluding hydrogens is 448 g/mol. The number of nitrogens with one attached hydrogen (secondary N) is 1. The van der Waals surface area contributed by atoms with E-state index >= 15 is 0 Å². The van der Waals surface area contributed by atoms with Gasteiger partial charge in [0.2, 0.25) is 11.8 Å². The van der Waals surface area contributed by atoms with Gasteiger partial charge in [0, 0.05) is 30.9 Å². The molecule has 1 unspecified atom stereocenters. The van der Waals surface area contributed by atoms with Gasteiger partial charge in [-0.15, -0.1) is 0 Å². The Morgan fingerprint density at radius 2 is 1.88 bits per heavy atom. The van der Waals surface area contributed by atoms with Crippen LogP contribution in [0.5, 0.6) is 0 Å². The van der Waals surface area contributed by atoms with E-state index in [2.05, 4.69) is 5.32 Å². The monoisotopic (exact) mass is 490 g/mol. The van der Waals surface area contributed by atoms with Crippen molar-refractivity contribution in [3.8, 4) is 0 Å². The molecule has 1 aromatic rings. The minimum Gasteiger partial charge on any atom is -0.343 e. The summed E-state index contributed by atoms with van der Waals surface area (Å²) in [6.07, 6.45) is 5.31. The third-order valence-corrected chi connectivity index (χ3v) is 7.65. The minimum atomic E-state index is -0.770. The Hall–Kier alpha value is -1.90. The Labute approximate surface area is 208 Å². The van der Waals surface area contributed by atoms with Gasteiger partial charge < -0.3 is 21.7 Å². The smallest absolute Gasteiger partial charge is 0.246 e. The van der Waals surface area contributed by atoms with Gasteiger partial charge in [0.15, 0.2) is 5.78 Å². The summed E-state index contributed by atoms with van der Waals surface area (Å²) in [5.74, 6) is 0.981. The Bertz CT molecular complexity index is 777. The standard InChI is InChI=1S/C26H42N4O3S/c1-3-19(2)24(28)25(32)29-21(17-20-11-7-6-8-12-20)26(33)30(15-10-5-4-9-14-27)22-18-34-16-13-23(22)31/h6-8,11-12,19,21-22,24H,3-5,9-10,13-18,27-28H2,1-2H3,(H,29,32)/t19-,21-,22?,24+/m0/s1. The maximum absolute atomic E-state index is 13.9. The van der Waals surface area contributed by atoms with Gasteiger partial charge in [-0.2, -0.15) is 11.8 Å². The highest BCUT2D eigenvalue weighted by Gasteiger charge is 2.36. The number of unbranched alkanes of at least 4 members (excludes halogenated alkanes) is 3. The van der Waals surface area contributed by atoms with Gasteiger partial charge in [-0.05, 0) is 30.9 Å². The molecule has 0 aliphatic carbocycles. The van der Waals surface area contributed by atoms with Gasteiger partial charge >= 0.3 is 0 Å². The van der Waals surface area contributed by atoms with Crippen molar-refractivity contribution in [1.82, 2.24) is 10.2 Å². The zero-order chi connectivity index (χ0) is 24.9. The quantitative estimate of drug-likeness (QED) is 0.345. The molecule has 1 aromatic carbocycles. The summed E-state index contributed by atoms with van der Waals surface area (Å²) in [4.78, 5) is 41.4. The summed E-state index contributed by atoms with van der Waals surface area (Å²) < 4.78 is 0. The van der Waals surface area contributed by atoms with Crippen LogP contribution in [0.25, 0.3) is 0 Å². The normalized spacial score (nSPS) is 18.7. The molecule has 34 heavy (non-hydrogen) atoms. The van der Waals surface area contributed by atoms with Crippen molar-refractivity contribution in [3.63, 3.8) is 0 Å². The van der Waals surface area contributed by atoms with Crippen molar-refractivity contribution in [1.29, 1.82) is 0 Å². The molecule has 4 atom stereocenters. The summed E-state index contributed by atoms with van der Waals surface area (Å²) in [7, 11) is 0. The molecule has 0 saturated carbocycles. The fourth-order valence-electron chi connectivity index (χ4n) is 4.12. The second-order valence-electron chi connectivity index (χ2n) is 9.20. The summed E-state index contributed by atoms with van der Waals surface area (Å²) in [6.45, 7) is 5.08. The van der Waals surface area contributed by atoms with Crippen LogP contribution in [-0.2, 0) is 20.8 Å². The first kappa shape index (κ1) is 28.3. The molecule has 1 heterocycles. The molecule has 2 amide bonds. The third-order valence-electron chi connectivity index (χ3n) is 6.61. The number of rotatable bonds is 14. The summed E-state index contributed by atoms with van der Waals surface area (Å²) >= 11 is 1.70. The lowest BCUT2D eigenvalue weighted by atomic mass is 9.97. The number of nitrogens with zero attached hydrogens (tertiary/aromatic N) is 1. The molecule has 1 aliphatic heterocycles. The predicted molar refractivity (Wildman–Crippen MR) is 139 cm³/mol. The van der Waals surface area contributed by atoms with E-state index in [9.17, 15) is 14.4 Å². The molecule has 8 heteroatoms. The number of hydrogen-bond donors (Lipinski definition) is 3. The molecule has 1 fully saturated rings. The van der Waals surface area contributed by atoms with Gasteiger partial charge in [0.1, 0.15) is 6.04 Å². The van der Waals surface area contributed by atoms with Crippen molar-refractivity contribution >= 4 is 29.4 Å². The van der Waals surface area contributed by atoms with Gasteiger partial charge in [0.05, 0.1) is 12.1 Å². The van der Waals surface area contributed by atoms with Crippen LogP contribution in [0.1, 0.15) is 57.9 Å². The number of amides is 2. The van der Waals surface area contributed by atoms with E-state index in [-0.39, 0.29) is 23.5 Å². The van der Waals surface area contributed by atoms with Gasteiger partial charge in [-0.1, -0.05) is 63.4 Å². The minimum absolute atomic E-state index is 0.00227. The van der Waals surface area contributed by atoms with Crippen LogP contribution in [0.3, 0.4) is 0 Å². The Morgan fingerprint density at radius 3 is 2.53 bits per heavy atom. The van der Waals surface area contributed by atoms with E-state index in [1.165, 1.54) is 0 Å². The van der Waals surface area contributed by atoms with Crippen LogP contribution in [0, 0.1) is 5.92 Å². The van der Waals surface area contributed by atoms with E-state index in [1.54, 1.807) is 16.7 Å². The van der Waals surface area contributed by atoms with E-state index in [0.29, 0.717) is 31.7 Å². The first-order valence-corrected chi connectivity index (χ1v) is 13.7. The summed E-state index contributed by atoms with van der Waals surface area (Å²) in [5.41, 5.74) is 12.7. The number of thioether (sulfide) groups is 1. The van der Waals surface area contributed by atoms with E-state index in [1.807, 2.05) is 44.2 Å². The highest BCUT2D eigenvalue weighted by Crippen LogP contribution is 2.21. The topological polar surface area (TPSA) is 119 Å². The molecule has 5 N–H and O–H groups in total. The van der Waals surface area contributed by atoms with Crippen molar-refractivity contribution in [2.75, 3.05) is 24.6 Å². The molecular formula is C26H42N4O3S. The lowest BCUT2D eigenvalue weighted by molar-refractivity contribution is -0.142. The highest BCUT2D eigenvalue weighted by molar-refractivity contribution is 7.99. The van der Waals surface area contributed by atoms with Crippen LogP contribution < -0.4 is 16.8 Å². The maximum Gasteiger partial charge on any atom is 0.246 e. The van der Waals surface area contributed by atoms with Gasteiger partial charge in [-0.3, -0.25) is 14.4 Å². The molecule has 0 radical (unpaired) electrons. The van der Waals surface area contributed by atoms with Crippen LogP contribution in [0.4, 0.5) is 0 Å². The average Bonchev–Trinajstić information content (AvgIpc) is 2.85. The highest BCUT2D eigenvalue weighted by atomic mass is 32.2. The number of carbonyl (C=O) groups is 3. The van der Waals surface area contributed by atoms with E-state index in [0.717, 1.165) is 43.4 Å². The van der Waals surface area contributed by atoms with Crippen LogP contribution in [-0.4, -0.2) is 65.2 Å². The molecule has 2 rings (SSSR count). The van der Waals surface area contributed by atoms with Crippen molar-refractivity contribution in [2.45, 2.75) is 76.9 Å². The largest absolute Gasteiger partial charge is 0.343 e. The molecule has 1 aliphatic rings. The van der Waals surface area contributed by atoms with Crippen LogP contribution >= 0.6 is 11.8 Å². The Kier molecular flexibility index (Phi) is 12.6. The number of benzene rings is 1. The lowest BCUT2D eigenvalue weighted by Crippen LogP contribution is -2.58. The van der Waals surface area contributed by atoms with E-state index in [4.69, 9.17) is 11.5 Å². The fraction of sp³-hybridized carbons (Fsp3) is 0.654. The molecule has 1 saturated heterocycles. The molecule has 0 bridgehead atoms. The zero-order valence-electron chi connectivity index (χ0n) is 20.7. The maximum atomic E-state index is 13.9. The first-order valence-electron chi connectivity index (χ1n) is 12.6. The van der Waals surface area contributed by atoms with Crippen molar-refractivity contribution in [3.05, 3.63) is 35.9 Å². The molecule has 7 nitrogen and oxygen atoms in total. The third kappa shape index (κ3) is 8.71. The molecule has 0 spiro atoms. The van der Waals surface area contributed by atoms with Gasteiger partial charge in [0.25, 0.3) is 0 Å². The van der Waals surface area contributed by atoms with Crippen LogP contribution in [0.15, 0.2) is 30.3 Å². The number of Topliss-reactive ketones (excluding diaryl/α,β-unsaturated/α-hetero) is 1. The van der Waals surface area contributed by atoms with Crippen molar-refractivity contribution in [2.24, 2.45) is 17.4 Å². The predicted octanol–water partition coefficient (Wildman–Crippen LogP) is 2.51. The second-order valence-corrected chi connectivity index (χ2v) is 10.4. The first-order chi connectivity index (χ1) is 16.4. The SMILES string of the molecule is CC[C@H](C)[C@@H](N)C(=O)N[C@@H](Cc1ccccc1)C(=O)N(CCCCCCN)C1CSCCC1=O. The van der Waals surface area contributed by atoms with Crippen molar-refractivity contribution < 1.29 is 14.4 Å². The fourth-order valence-corrected chi connectivity index (χ4v) is 5.22. The van der Waals surface area contributed by atoms with E-state index < -0.39 is 18.1 Å². The Balaban J connectivity index is 2.25. The Morgan fingerprint density at radius 1 is 1.18 bits per heavy atom. The van der Waals surface area contributed by atoms with Gasteiger partial charge in [-0.25, -0.2) is 0 Å². The molecule has 190 valence electrons. The van der Waals surface area contributed by atoms with Crippen LogP contribution in [0.2, 0.25) is 0 Å². The molecule has 0 aromatic heterocycles. The second kappa shape index (κ2) is 15.2.